The summed E-state index contributed by atoms with van der Waals surface area (Å²) in [6.07, 6.45) is 1.24. The second-order valence-corrected chi connectivity index (χ2v) is 6.02. The fourth-order valence-corrected chi connectivity index (χ4v) is 2.36. The highest BCUT2D eigenvalue weighted by atomic mass is 16.6. The molecule has 1 fully saturated rings. The molecular formula is C21H24O6. The zero-order valence-corrected chi connectivity index (χ0v) is 15.4. The molecule has 6 heteroatoms. The topological polar surface area (TPSA) is 66.5 Å². The van der Waals surface area contributed by atoms with E-state index in [-0.39, 0.29) is 0 Å². The number of ether oxygens (including phenoxy) is 5. The molecule has 0 N–H and O–H groups in total. The van der Waals surface area contributed by atoms with Gasteiger partial charge in [-0.2, -0.15) is 0 Å². The maximum absolute atomic E-state index is 12.2. The van der Waals surface area contributed by atoms with Crippen LogP contribution in [0.4, 0.5) is 0 Å². The van der Waals surface area contributed by atoms with Gasteiger partial charge in [-0.15, -0.1) is 0 Å². The van der Waals surface area contributed by atoms with E-state index >= 15 is 0 Å². The van der Waals surface area contributed by atoms with E-state index in [2.05, 4.69) is 0 Å². The highest BCUT2D eigenvalue weighted by molar-refractivity contribution is 5.91. The van der Waals surface area contributed by atoms with Gasteiger partial charge in [-0.05, 0) is 55.5 Å². The molecule has 1 unspecified atom stereocenters. The van der Waals surface area contributed by atoms with Crippen LogP contribution in [0.2, 0.25) is 0 Å². The van der Waals surface area contributed by atoms with Crippen molar-refractivity contribution in [3.8, 4) is 17.2 Å². The Morgan fingerprint density at radius 2 is 1.52 bits per heavy atom. The fraction of sp³-hybridized carbons (Fsp3) is 0.381. The number of carbonyl (C=O) groups is 1. The number of epoxide rings is 1. The molecule has 0 bridgehead atoms. The molecule has 2 aromatic carbocycles. The van der Waals surface area contributed by atoms with E-state index in [0.717, 1.165) is 18.8 Å². The predicted molar refractivity (Wildman–Crippen MR) is 99.7 cm³/mol. The Morgan fingerprint density at radius 3 is 2.15 bits per heavy atom. The van der Waals surface area contributed by atoms with Crippen molar-refractivity contribution in [1.82, 2.24) is 0 Å². The monoisotopic (exact) mass is 372 g/mol. The summed E-state index contributed by atoms with van der Waals surface area (Å²) in [5.74, 6) is 1.47. The largest absolute Gasteiger partial charge is 0.493 e. The van der Waals surface area contributed by atoms with Crippen LogP contribution in [0.1, 0.15) is 23.7 Å². The Hall–Kier alpha value is -2.57. The van der Waals surface area contributed by atoms with Gasteiger partial charge in [0.05, 0.1) is 31.5 Å². The lowest BCUT2D eigenvalue weighted by Gasteiger charge is -2.08. The molecule has 0 amide bonds. The second kappa shape index (κ2) is 9.94. The summed E-state index contributed by atoms with van der Waals surface area (Å²) in [6, 6.07) is 13.8. The summed E-state index contributed by atoms with van der Waals surface area (Å²) in [7, 11) is 0. The molecule has 0 aromatic heterocycles. The van der Waals surface area contributed by atoms with Crippen molar-refractivity contribution in [3.63, 3.8) is 0 Å². The lowest BCUT2D eigenvalue weighted by Crippen LogP contribution is -2.09. The lowest BCUT2D eigenvalue weighted by atomic mass is 10.2. The van der Waals surface area contributed by atoms with E-state index in [9.17, 15) is 4.79 Å². The van der Waals surface area contributed by atoms with Gasteiger partial charge in [-0.3, -0.25) is 0 Å². The molecule has 1 aliphatic heterocycles. The Kier molecular flexibility index (Phi) is 7.07. The zero-order valence-electron chi connectivity index (χ0n) is 15.4. The molecule has 144 valence electrons. The van der Waals surface area contributed by atoms with Gasteiger partial charge in [0, 0.05) is 13.0 Å². The lowest BCUT2D eigenvalue weighted by molar-refractivity contribution is 0.0734. The molecule has 1 heterocycles. The third-order valence-corrected chi connectivity index (χ3v) is 3.94. The summed E-state index contributed by atoms with van der Waals surface area (Å²) < 4.78 is 26.9. The molecule has 27 heavy (non-hydrogen) atoms. The summed E-state index contributed by atoms with van der Waals surface area (Å²) in [5, 5.41) is 0. The quantitative estimate of drug-likeness (QED) is 0.260. The molecule has 2 aromatic rings. The van der Waals surface area contributed by atoms with Crippen LogP contribution in [-0.4, -0.2) is 45.1 Å². The van der Waals surface area contributed by atoms with E-state index in [1.165, 1.54) is 0 Å². The van der Waals surface area contributed by atoms with Crippen molar-refractivity contribution in [2.75, 3.05) is 33.0 Å². The van der Waals surface area contributed by atoms with Gasteiger partial charge in [-0.25, -0.2) is 4.79 Å². The number of rotatable bonds is 11. The SMILES string of the molecule is CCOCCOc1ccc(C(=O)Oc2ccc(OCCC3CO3)cc2)cc1. The molecular weight excluding hydrogens is 348 g/mol. The molecule has 6 nitrogen and oxygen atoms in total. The Balaban J connectivity index is 1.44. The van der Waals surface area contributed by atoms with Crippen molar-refractivity contribution in [2.24, 2.45) is 0 Å². The van der Waals surface area contributed by atoms with Gasteiger partial charge in [-0.1, -0.05) is 0 Å². The minimum absolute atomic E-state index is 0.353. The second-order valence-electron chi connectivity index (χ2n) is 6.02. The van der Waals surface area contributed by atoms with Crippen molar-refractivity contribution in [3.05, 3.63) is 54.1 Å². The first-order valence-electron chi connectivity index (χ1n) is 9.12. The van der Waals surface area contributed by atoms with Crippen LogP contribution in [0.5, 0.6) is 17.2 Å². The first kappa shape index (κ1) is 19.2. The maximum atomic E-state index is 12.2. The summed E-state index contributed by atoms with van der Waals surface area (Å²) in [5.41, 5.74) is 0.455. The number of hydrogen-bond donors (Lipinski definition) is 0. The zero-order chi connectivity index (χ0) is 18.9. The van der Waals surface area contributed by atoms with Crippen LogP contribution >= 0.6 is 0 Å². The Labute approximate surface area is 158 Å². The van der Waals surface area contributed by atoms with E-state index in [1.807, 2.05) is 6.92 Å². The maximum Gasteiger partial charge on any atom is 0.343 e. The first-order valence-corrected chi connectivity index (χ1v) is 9.12. The highest BCUT2D eigenvalue weighted by Gasteiger charge is 2.21. The standard InChI is InChI=1S/C21H24O6/c1-2-23-13-14-25-17-5-3-16(4-6-17)21(22)27-19-9-7-18(8-10-19)24-12-11-20-15-26-20/h3-10,20H,2,11-15H2,1H3. The van der Waals surface area contributed by atoms with E-state index in [4.69, 9.17) is 23.7 Å². The van der Waals surface area contributed by atoms with Gasteiger partial charge in [0.1, 0.15) is 23.9 Å². The first-order chi connectivity index (χ1) is 13.2. The third-order valence-electron chi connectivity index (χ3n) is 3.94. The third kappa shape index (κ3) is 6.58. The van der Waals surface area contributed by atoms with Crippen LogP contribution in [0.3, 0.4) is 0 Å². The van der Waals surface area contributed by atoms with Crippen molar-refractivity contribution in [1.29, 1.82) is 0 Å². The molecule has 1 saturated heterocycles. The fourth-order valence-electron chi connectivity index (χ4n) is 2.36. The number of esters is 1. The number of carbonyl (C=O) groups excluding carboxylic acids is 1. The summed E-state index contributed by atoms with van der Waals surface area (Å²) in [6.45, 7) is 5.05. The molecule has 0 aliphatic carbocycles. The number of hydrogen-bond acceptors (Lipinski definition) is 6. The average Bonchev–Trinajstić information content (AvgIpc) is 3.51. The van der Waals surface area contributed by atoms with E-state index in [0.29, 0.717) is 49.6 Å². The minimum atomic E-state index is -0.421. The molecule has 3 rings (SSSR count). The van der Waals surface area contributed by atoms with Crippen LogP contribution in [0.15, 0.2) is 48.5 Å². The van der Waals surface area contributed by atoms with Crippen LogP contribution in [0.25, 0.3) is 0 Å². The Morgan fingerprint density at radius 1 is 0.926 bits per heavy atom. The van der Waals surface area contributed by atoms with Gasteiger partial charge in [0.15, 0.2) is 0 Å². The summed E-state index contributed by atoms with van der Waals surface area (Å²) >= 11 is 0. The van der Waals surface area contributed by atoms with Gasteiger partial charge in [0.25, 0.3) is 0 Å². The van der Waals surface area contributed by atoms with Crippen LogP contribution in [0, 0.1) is 0 Å². The van der Waals surface area contributed by atoms with Gasteiger partial charge in [0.2, 0.25) is 0 Å². The summed E-state index contributed by atoms with van der Waals surface area (Å²) in [4.78, 5) is 12.2. The molecule has 1 atom stereocenters. The van der Waals surface area contributed by atoms with Crippen molar-refractivity contribution < 1.29 is 28.5 Å². The normalized spacial score (nSPS) is 15.2. The van der Waals surface area contributed by atoms with E-state index < -0.39 is 5.97 Å². The van der Waals surface area contributed by atoms with Crippen LogP contribution < -0.4 is 14.2 Å². The van der Waals surface area contributed by atoms with Crippen molar-refractivity contribution in [2.45, 2.75) is 19.4 Å². The van der Waals surface area contributed by atoms with Gasteiger partial charge >= 0.3 is 5.97 Å². The highest BCUT2D eigenvalue weighted by Crippen LogP contribution is 2.21. The van der Waals surface area contributed by atoms with Crippen molar-refractivity contribution >= 4 is 5.97 Å². The smallest absolute Gasteiger partial charge is 0.343 e. The molecule has 0 saturated carbocycles. The number of benzene rings is 2. The average molecular weight is 372 g/mol. The molecule has 1 aliphatic rings. The predicted octanol–water partition coefficient (Wildman–Crippen LogP) is 3.49. The van der Waals surface area contributed by atoms with Gasteiger partial charge < -0.3 is 23.7 Å². The molecule has 0 radical (unpaired) electrons. The minimum Gasteiger partial charge on any atom is -0.493 e. The van der Waals surface area contributed by atoms with Crippen LogP contribution in [-0.2, 0) is 9.47 Å². The van der Waals surface area contributed by atoms with E-state index in [1.54, 1.807) is 48.5 Å². The molecule has 0 spiro atoms. The Bertz CT molecular complexity index is 706.